The minimum Gasteiger partial charge on any atom is -0.339 e. The molecule has 0 amide bonds. The van der Waals surface area contributed by atoms with Crippen LogP contribution in [0.4, 0.5) is 0 Å². The average molecular weight is 212 g/mol. The maximum absolute atomic E-state index is 10.9. The number of hydrogen-bond acceptors (Lipinski definition) is 5. The third kappa shape index (κ3) is 2.76. The Hall–Kier alpha value is -1.93. The summed E-state index contributed by atoms with van der Waals surface area (Å²) in [5.74, 6) is 0. The summed E-state index contributed by atoms with van der Waals surface area (Å²) >= 11 is 0. The van der Waals surface area contributed by atoms with E-state index < -0.39 is 11.2 Å². The van der Waals surface area contributed by atoms with Gasteiger partial charge in [-0.25, -0.2) is 9.78 Å². The lowest BCUT2D eigenvalue weighted by Gasteiger charge is -1.83. The molecule has 0 spiro atoms. The van der Waals surface area contributed by atoms with Crippen molar-refractivity contribution in [1.82, 2.24) is 19.9 Å². The quantitative estimate of drug-likeness (QED) is 0.365. The van der Waals surface area contributed by atoms with Crippen molar-refractivity contribution in [2.75, 3.05) is 13.1 Å². The van der Waals surface area contributed by atoms with Gasteiger partial charge >= 0.3 is 5.69 Å². The van der Waals surface area contributed by atoms with Gasteiger partial charge in [-0.3, -0.25) is 14.8 Å². The van der Waals surface area contributed by atoms with E-state index in [2.05, 4.69) is 19.9 Å². The maximum Gasteiger partial charge on any atom is 0.327 e. The molecule has 8 nitrogen and oxygen atoms in total. The van der Waals surface area contributed by atoms with Gasteiger partial charge in [0.2, 0.25) is 0 Å². The summed E-state index contributed by atoms with van der Waals surface area (Å²) in [6.45, 7) is 1.19. The van der Waals surface area contributed by atoms with Gasteiger partial charge < -0.3 is 16.5 Å². The van der Waals surface area contributed by atoms with E-state index in [9.17, 15) is 9.59 Å². The summed E-state index contributed by atoms with van der Waals surface area (Å²) in [5, 5.41) is 0. The van der Waals surface area contributed by atoms with Crippen LogP contribution in [-0.2, 0) is 0 Å². The van der Waals surface area contributed by atoms with E-state index in [0.29, 0.717) is 13.1 Å². The Morgan fingerprint density at radius 3 is 2.47 bits per heavy atom. The summed E-state index contributed by atoms with van der Waals surface area (Å²) in [5.41, 5.74) is 9.36. The summed E-state index contributed by atoms with van der Waals surface area (Å²) in [6, 6.07) is 0. The molecule has 0 fully saturated rings. The van der Waals surface area contributed by atoms with Crippen molar-refractivity contribution < 1.29 is 0 Å². The molecule has 2 aromatic rings. The van der Waals surface area contributed by atoms with Crippen LogP contribution in [0.5, 0.6) is 0 Å². The van der Waals surface area contributed by atoms with E-state index in [4.69, 9.17) is 11.5 Å². The summed E-state index contributed by atoms with van der Waals surface area (Å²) in [4.78, 5) is 32.3. The zero-order chi connectivity index (χ0) is 11.3. The van der Waals surface area contributed by atoms with E-state index in [0.717, 1.165) is 0 Å². The number of nitrogens with two attached hydrogens (primary N) is 2. The fraction of sp³-hybridized carbons (Fsp3) is 0.286. The minimum absolute atomic E-state index is 0.277. The van der Waals surface area contributed by atoms with Crippen LogP contribution >= 0.6 is 0 Å². The molecule has 2 rings (SSSR count). The molecule has 8 heteroatoms. The Morgan fingerprint density at radius 2 is 1.87 bits per heavy atom. The number of aromatic amines is 3. The van der Waals surface area contributed by atoms with Crippen molar-refractivity contribution in [3.63, 3.8) is 0 Å². The van der Waals surface area contributed by atoms with Gasteiger partial charge in [-0.05, 0) is 0 Å². The normalized spacial score (nSPS) is 9.73. The Morgan fingerprint density at radius 1 is 1.20 bits per heavy atom. The number of aromatic nitrogens is 4. The molecule has 0 aliphatic rings. The first-order valence-electron chi connectivity index (χ1n) is 4.25. The molecule has 0 aromatic carbocycles. The molecule has 0 aliphatic heterocycles. The van der Waals surface area contributed by atoms with Crippen molar-refractivity contribution in [2.24, 2.45) is 11.5 Å². The lowest BCUT2D eigenvalue weighted by molar-refractivity contribution is 0.976. The molecular formula is C7H12N6O2. The molecule has 0 saturated heterocycles. The third-order valence-electron chi connectivity index (χ3n) is 1.49. The summed E-state index contributed by atoms with van der Waals surface area (Å²) < 4.78 is 0. The molecule has 2 heterocycles. The number of hydrogen-bond donors (Lipinski definition) is 5. The molecule has 0 radical (unpaired) electrons. The van der Waals surface area contributed by atoms with Crippen LogP contribution in [0.15, 0.2) is 15.9 Å². The Kier molecular flexibility index (Phi) is 3.77. The smallest absolute Gasteiger partial charge is 0.327 e. The first kappa shape index (κ1) is 11.1. The number of nitrogens with one attached hydrogen (secondary N) is 3. The molecule has 2 aromatic heterocycles. The topological polar surface area (TPSA) is 146 Å². The summed E-state index contributed by atoms with van der Waals surface area (Å²) in [6.07, 6.45) is 1.34. The van der Waals surface area contributed by atoms with Gasteiger partial charge in [0.1, 0.15) is 5.52 Å². The van der Waals surface area contributed by atoms with E-state index in [-0.39, 0.29) is 11.2 Å². The molecule has 15 heavy (non-hydrogen) atoms. The standard InChI is InChI=1S/C5H4N4O2.C2H8N2/c10-4-2-3(7-1-6-2)8-5(11)9-4;3-1-2-4/h1H,(H3,6,7,8,9,10,11);1-4H2. The van der Waals surface area contributed by atoms with Crippen LogP contribution in [0.25, 0.3) is 11.2 Å². The van der Waals surface area contributed by atoms with E-state index in [1.165, 1.54) is 6.33 Å². The van der Waals surface area contributed by atoms with Crippen molar-refractivity contribution in [3.05, 3.63) is 27.2 Å². The van der Waals surface area contributed by atoms with Crippen molar-refractivity contribution >= 4 is 11.2 Å². The third-order valence-corrected chi connectivity index (χ3v) is 1.49. The highest BCUT2D eigenvalue weighted by Crippen LogP contribution is 1.92. The number of fused-ring (bicyclic) bond motifs is 1. The number of H-pyrrole nitrogens is 3. The van der Waals surface area contributed by atoms with Gasteiger partial charge in [-0.15, -0.1) is 0 Å². The second kappa shape index (κ2) is 5.08. The van der Waals surface area contributed by atoms with Crippen molar-refractivity contribution in [3.8, 4) is 0 Å². The van der Waals surface area contributed by atoms with E-state index in [1.54, 1.807) is 0 Å². The fourth-order valence-corrected chi connectivity index (χ4v) is 0.867. The average Bonchev–Trinajstić information content (AvgIpc) is 2.66. The second-order valence-corrected chi connectivity index (χ2v) is 2.61. The van der Waals surface area contributed by atoms with Gasteiger partial charge in [-0.1, -0.05) is 0 Å². The number of imidazole rings is 1. The highest BCUT2D eigenvalue weighted by atomic mass is 16.2. The molecule has 0 aliphatic carbocycles. The zero-order valence-electron chi connectivity index (χ0n) is 7.91. The van der Waals surface area contributed by atoms with Crippen LogP contribution in [-0.4, -0.2) is 33.0 Å². The molecule has 7 N–H and O–H groups in total. The molecule has 82 valence electrons. The Labute approximate surface area is 83.7 Å². The van der Waals surface area contributed by atoms with Crippen LogP contribution < -0.4 is 22.7 Å². The SMILES string of the molecule is NCCN.O=c1[nH]c(=O)c2[nH]cnc2[nH]1. The number of rotatable bonds is 1. The lowest BCUT2D eigenvalue weighted by atomic mass is 10.5. The minimum atomic E-state index is -0.547. The summed E-state index contributed by atoms with van der Waals surface area (Å²) in [7, 11) is 0. The first-order valence-corrected chi connectivity index (χ1v) is 4.25. The molecule has 0 atom stereocenters. The monoisotopic (exact) mass is 212 g/mol. The molecule has 0 saturated carbocycles. The second-order valence-electron chi connectivity index (χ2n) is 2.61. The Balaban J connectivity index is 0.000000245. The molecule has 0 unspecified atom stereocenters. The fourth-order valence-electron chi connectivity index (χ4n) is 0.867. The van der Waals surface area contributed by atoms with Crippen molar-refractivity contribution in [1.29, 1.82) is 0 Å². The van der Waals surface area contributed by atoms with Crippen LogP contribution in [0, 0.1) is 0 Å². The molecule has 0 bridgehead atoms. The zero-order valence-corrected chi connectivity index (χ0v) is 7.91. The molecular weight excluding hydrogens is 200 g/mol. The predicted molar refractivity (Wildman–Crippen MR) is 55.4 cm³/mol. The van der Waals surface area contributed by atoms with Gasteiger partial charge in [-0.2, -0.15) is 0 Å². The highest BCUT2D eigenvalue weighted by Gasteiger charge is 1.99. The predicted octanol–water partition coefficient (Wildman–Crippen LogP) is -2.16. The first-order chi connectivity index (χ1) is 7.19. The van der Waals surface area contributed by atoms with Crippen molar-refractivity contribution in [2.45, 2.75) is 0 Å². The van der Waals surface area contributed by atoms with Gasteiger partial charge in [0.25, 0.3) is 5.56 Å². The number of nitrogens with zero attached hydrogens (tertiary/aromatic N) is 1. The van der Waals surface area contributed by atoms with Gasteiger partial charge in [0.05, 0.1) is 6.33 Å². The van der Waals surface area contributed by atoms with Gasteiger partial charge in [0, 0.05) is 13.1 Å². The Bertz CT molecular complexity index is 522. The van der Waals surface area contributed by atoms with Crippen LogP contribution in [0.3, 0.4) is 0 Å². The largest absolute Gasteiger partial charge is 0.339 e. The van der Waals surface area contributed by atoms with Crippen LogP contribution in [0.2, 0.25) is 0 Å². The highest BCUT2D eigenvalue weighted by molar-refractivity contribution is 5.67. The van der Waals surface area contributed by atoms with E-state index >= 15 is 0 Å². The maximum atomic E-state index is 10.9. The van der Waals surface area contributed by atoms with Gasteiger partial charge in [0.15, 0.2) is 5.65 Å². The van der Waals surface area contributed by atoms with Crippen LogP contribution in [0.1, 0.15) is 0 Å². The van der Waals surface area contributed by atoms with E-state index in [1.807, 2.05) is 0 Å². The lowest BCUT2D eigenvalue weighted by Crippen LogP contribution is -2.21.